The molecule has 0 bridgehead atoms. The molecule has 1 aliphatic heterocycles. The molecule has 1 fully saturated rings. The number of hydrogen-bond donors (Lipinski definition) is 1. The number of aromatic nitrogens is 1. The molecule has 1 aromatic rings. The molecule has 0 aromatic carbocycles. The molecule has 1 aliphatic rings. The molecule has 100 valence electrons. The highest BCUT2D eigenvalue weighted by Crippen LogP contribution is 2.16. The first-order chi connectivity index (χ1) is 8.74. The van der Waals surface area contributed by atoms with E-state index in [2.05, 4.69) is 24.1 Å². The highest BCUT2D eigenvalue weighted by atomic mass is 16.5. The summed E-state index contributed by atoms with van der Waals surface area (Å²) < 4.78 is 11.2. The van der Waals surface area contributed by atoms with Crippen LogP contribution in [0.1, 0.15) is 32.4 Å². The van der Waals surface area contributed by atoms with E-state index in [9.17, 15) is 0 Å². The molecule has 0 saturated carbocycles. The average molecular weight is 250 g/mol. The minimum atomic E-state index is 0.181. The molecule has 2 rings (SSSR count). The first-order valence-electron chi connectivity index (χ1n) is 6.67. The summed E-state index contributed by atoms with van der Waals surface area (Å²) in [5, 5.41) is 3.34. The van der Waals surface area contributed by atoms with Crippen molar-refractivity contribution in [3.8, 4) is 5.75 Å². The summed E-state index contributed by atoms with van der Waals surface area (Å²) in [6.07, 6.45) is 4.12. The fraction of sp³-hybridized carbons (Fsp3) is 0.643. The average Bonchev–Trinajstić information content (AvgIpc) is 2.39. The Kier molecular flexibility index (Phi) is 4.96. The van der Waals surface area contributed by atoms with Gasteiger partial charge in [-0.2, -0.15) is 0 Å². The van der Waals surface area contributed by atoms with Crippen LogP contribution in [0.4, 0.5) is 0 Å². The predicted octanol–water partition coefficient (Wildman–Crippen LogP) is 2.14. The lowest BCUT2D eigenvalue weighted by molar-refractivity contribution is 0.00727. The van der Waals surface area contributed by atoms with Crippen molar-refractivity contribution in [3.05, 3.63) is 24.0 Å². The molecule has 18 heavy (non-hydrogen) atoms. The van der Waals surface area contributed by atoms with Gasteiger partial charge in [0.25, 0.3) is 0 Å². The van der Waals surface area contributed by atoms with Crippen molar-refractivity contribution in [2.75, 3.05) is 13.2 Å². The number of nitrogens with zero attached hydrogens (tertiary/aromatic N) is 1. The van der Waals surface area contributed by atoms with E-state index in [4.69, 9.17) is 9.47 Å². The molecule has 1 atom stereocenters. The Balaban J connectivity index is 1.83. The van der Waals surface area contributed by atoms with Crippen LogP contribution < -0.4 is 10.1 Å². The van der Waals surface area contributed by atoms with Gasteiger partial charge in [-0.15, -0.1) is 0 Å². The van der Waals surface area contributed by atoms with Crippen LogP contribution in [0.3, 0.4) is 0 Å². The summed E-state index contributed by atoms with van der Waals surface area (Å²) >= 11 is 0. The topological polar surface area (TPSA) is 43.4 Å². The van der Waals surface area contributed by atoms with E-state index in [0.29, 0.717) is 12.6 Å². The van der Waals surface area contributed by atoms with Gasteiger partial charge >= 0.3 is 0 Å². The zero-order chi connectivity index (χ0) is 12.8. The van der Waals surface area contributed by atoms with Gasteiger partial charge in [-0.1, -0.05) is 13.8 Å². The monoisotopic (exact) mass is 250 g/mol. The highest BCUT2D eigenvalue weighted by molar-refractivity contribution is 5.20. The van der Waals surface area contributed by atoms with E-state index in [1.54, 1.807) is 6.20 Å². The lowest BCUT2D eigenvalue weighted by Gasteiger charge is -2.23. The molecule has 1 aromatic heterocycles. The van der Waals surface area contributed by atoms with Gasteiger partial charge < -0.3 is 14.8 Å². The molecular formula is C14H22N2O2. The Bertz CT molecular complexity index is 345. The summed E-state index contributed by atoms with van der Waals surface area (Å²) in [5.41, 5.74) is 1.04. The third-order valence-electron chi connectivity index (χ3n) is 2.91. The fourth-order valence-electron chi connectivity index (χ4n) is 1.89. The van der Waals surface area contributed by atoms with Crippen LogP contribution in [0.2, 0.25) is 0 Å². The third kappa shape index (κ3) is 4.27. The minimum absolute atomic E-state index is 0.181. The van der Waals surface area contributed by atoms with E-state index in [1.807, 2.05) is 12.1 Å². The summed E-state index contributed by atoms with van der Waals surface area (Å²) in [6, 6.07) is 4.47. The molecular weight excluding hydrogens is 228 g/mol. The normalized spacial score (nSPS) is 20.1. The minimum Gasteiger partial charge on any atom is -0.486 e. The van der Waals surface area contributed by atoms with Gasteiger partial charge in [0.2, 0.25) is 0 Å². The molecule has 0 aliphatic carbocycles. The maximum atomic E-state index is 5.83. The molecule has 2 heterocycles. The maximum Gasteiger partial charge on any atom is 0.138 e. The van der Waals surface area contributed by atoms with Crippen molar-refractivity contribution in [3.63, 3.8) is 0 Å². The van der Waals surface area contributed by atoms with E-state index in [0.717, 1.165) is 37.4 Å². The van der Waals surface area contributed by atoms with Gasteiger partial charge in [0.1, 0.15) is 11.9 Å². The first kappa shape index (κ1) is 13.3. The summed E-state index contributed by atoms with van der Waals surface area (Å²) in [5.74, 6) is 0.832. The molecule has 0 radical (unpaired) electrons. The van der Waals surface area contributed by atoms with Gasteiger partial charge in [-0.3, -0.25) is 4.98 Å². The lowest BCUT2D eigenvalue weighted by Crippen LogP contribution is -2.28. The van der Waals surface area contributed by atoms with Gasteiger partial charge in [-0.05, 0) is 25.0 Å². The van der Waals surface area contributed by atoms with Crippen molar-refractivity contribution < 1.29 is 9.47 Å². The van der Waals surface area contributed by atoms with Crippen molar-refractivity contribution in [1.82, 2.24) is 10.3 Å². The number of nitrogens with one attached hydrogen (secondary N) is 1. The van der Waals surface area contributed by atoms with Crippen LogP contribution in [0.5, 0.6) is 5.75 Å². The van der Waals surface area contributed by atoms with Crippen molar-refractivity contribution in [2.24, 2.45) is 0 Å². The number of hydrogen-bond acceptors (Lipinski definition) is 4. The molecule has 1 N–H and O–H groups in total. The van der Waals surface area contributed by atoms with Gasteiger partial charge in [-0.25, -0.2) is 0 Å². The standard InChI is InChI=1S/C14H22N2O2/c1-11(2)15-8-12-5-6-13(9-16-12)18-14-4-3-7-17-10-14/h5-6,9,11,14-15H,3-4,7-8,10H2,1-2H3. The van der Waals surface area contributed by atoms with Crippen LogP contribution in [0.15, 0.2) is 18.3 Å². The molecule has 0 amide bonds. The Labute approximate surface area is 109 Å². The van der Waals surface area contributed by atoms with E-state index < -0.39 is 0 Å². The number of ether oxygens (including phenoxy) is 2. The van der Waals surface area contributed by atoms with Crippen molar-refractivity contribution in [2.45, 2.75) is 45.4 Å². The second kappa shape index (κ2) is 6.71. The second-order valence-corrected chi connectivity index (χ2v) is 4.98. The van der Waals surface area contributed by atoms with E-state index >= 15 is 0 Å². The van der Waals surface area contributed by atoms with Crippen LogP contribution >= 0.6 is 0 Å². The molecule has 1 saturated heterocycles. The number of pyridine rings is 1. The molecule has 0 spiro atoms. The van der Waals surface area contributed by atoms with Crippen LogP contribution in [-0.4, -0.2) is 30.3 Å². The van der Waals surface area contributed by atoms with Gasteiger partial charge in [0.05, 0.1) is 18.5 Å². The molecule has 4 nitrogen and oxygen atoms in total. The lowest BCUT2D eigenvalue weighted by atomic mass is 10.2. The van der Waals surface area contributed by atoms with Crippen molar-refractivity contribution in [1.29, 1.82) is 0 Å². The summed E-state index contributed by atoms with van der Waals surface area (Å²) in [6.45, 7) is 6.60. The summed E-state index contributed by atoms with van der Waals surface area (Å²) in [7, 11) is 0. The van der Waals surface area contributed by atoms with Crippen molar-refractivity contribution >= 4 is 0 Å². The van der Waals surface area contributed by atoms with E-state index in [1.165, 1.54) is 0 Å². The number of rotatable bonds is 5. The summed E-state index contributed by atoms with van der Waals surface area (Å²) in [4.78, 5) is 4.39. The van der Waals surface area contributed by atoms with Crippen LogP contribution in [0.25, 0.3) is 0 Å². The SMILES string of the molecule is CC(C)NCc1ccc(OC2CCCOC2)cn1. The fourth-order valence-corrected chi connectivity index (χ4v) is 1.89. The zero-order valence-electron chi connectivity index (χ0n) is 11.2. The molecule has 1 unspecified atom stereocenters. The van der Waals surface area contributed by atoms with Crippen LogP contribution in [-0.2, 0) is 11.3 Å². The quantitative estimate of drug-likeness (QED) is 0.869. The van der Waals surface area contributed by atoms with E-state index in [-0.39, 0.29) is 6.10 Å². The smallest absolute Gasteiger partial charge is 0.138 e. The Morgan fingerprint density at radius 1 is 1.50 bits per heavy atom. The van der Waals surface area contributed by atoms with Crippen LogP contribution in [0, 0.1) is 0 Å². The Morgan fingerprint density at radius 3 is 3.00 bits per heavy atom. The highest BCUT2D eigenvalue weighted by Gasteiger charge is 2.15. The largest absolute Gasteiger partial charge is 0.486 e. The molecule has 4 heteroatoms. The Hall–Kier alpha value is -1.13. The zero-order valence-corrected chi connectivity index (χ0v) is 11.2. The van der Waals surface area contributed by atoms with Gasteiger partial charge in [0, 0.05) is 19.2 Å². The second-order valence-electron chi connectivity index (χ2n) is 4.98. The Morgan fingerprint density at radius 2 is 2.39 bits per heavy atom. The maximum absolute atomic E-state index is 5.83. The third-order valence-corrected chi connectivity index (χ3v) is 2.91. The predicted molar refractivity (Wildman–Crippen MR) is 70.7 cm³/mol. The van der Waals surface area contributed by atoms with Gasteiger partial charge in [0.15, 0.2) is 0 Å². The first-order valence-corrected chi connectivity index (χ1v) is 6.67.